The normalized spacial score (nSPS) is 21.0. The van der Waals surface area contributed by atoms with Gasteiger partial charge in [0.1, 0.15) is 0 Å². The number of aryl methyl sites for hydroxylation is 1. The lowest BCUT2D eigenvalue weighted by Crippen LogP contribution is -2.29. The molecule has 3 aliphatic rings. The molecule has 0 unspecified atom stereocenters. The summed E-state index contributed by atoms with van der Waals surface area (Å²) in [6.07, 6.45) is 6.36. The number of aromatic nitrogens is 2. The molecule has 0 saturated carbocycles. The molecule has 3 aliphatic heterocycles. The molecule has 140 valence electrons. The van der Waals surface area contributed by atoms with Gasteiger partial charge in [-0.05, 0) is 74.2 Å². The van der Waals surface area contributed by atoms with Gasteiger partial charge >= 0.3 is 0 Å². The second-order valence-corrected chi connectivity index (χ2v) is 8.92. The van der Waals surface area contributed by atoms with Crippen LogP contribution in [0.1, 0.15) is 35.6 Å². The maximum atomic E-state index is 4.21. The van der Waals surface area contributed by atoms with Crippen molar-refractivity contribution in [1.82, 2.24) is 14.5 Å². The first kappa shape index (κ1) is 16.5. The van der Waals surface area contributed by atoms with Crippen LogP contribution in [0.15, 0.2) is 53.5 Å². The van der Waals surface area contributed by atoms with Crippen LogP contribution in [-0.2, 0) is 6.54 Å². The number of hydrogen-bond acceptors (Lipinski definition) is 3. The molecule has 3 aromatic heterocycles. The third kappa shape index (κ3) is 2.41. The van der Waals surface area contributed by atoms with Crippen molar-refractivity contribution in [2.24, 2.45) is 0 Å². The Kier molecular flexibility index (Phi) is 3.71. The smallest absolute Gasteiger partial charge is 0.0644 e. The highest BCUT2D eigenvalue weighted by Gasteiger charge is 2.33. The van der Waals surface area contributed by atoms with Crippen LogP contribution in [0.5, 0.6) is 0 Å². The van der Waals surface area contributed by atoms with Gasteiger partial charge in [0.25, 0.3) is 0 Å². The Morgan fingerprint density at radius 3 is 2.68 bits per heavy atom. The van der Waals surface area contributed by atoms with Gasteiger partial charge in [-0.1, -0.05) is 11.6 Å². The predicted octanol–water partition coefficient (Wildman–Crippen LogP) is 5.76. The zero-order valence-corrected chi connectivity index (χ0v) is 16.9. The van der Waals surface area contributed by atoms with Crippen LogP contribution in [0, 0.1) is 6.92 Å². The van der Waals surface area contributed by atoms with Crippen molar-refractivity contribution in [3.63, 3.8) is 0 Å². The van der Waals surface area contributed by atoms with E-state index in [4.69, 9.17) is 0 Å². The maximum Gasteiger partial charge on any atom is 0.0644 e. The summed E-state index contributed by atoms with van der Waals surface area (Å²) in [5, 5.41) is 6.07. The summed E-state index contributed by atoms with van der Waals surface area (Å²) in [4.78, 5) is 6.85. The standard InChI is InChI=1S/C24H23N3S/c1-16-2-3-21-19(12-16)24-18-6-10-26(11-7-18)13-22(24)27(21)23-15-28-14-20(23)17-4-8-25-9-5-17/h2-5,8-9,12,14-15,18H,6-7,10-11,13H2,1H3. The van der Waals surface area contributed by atoms with E-state index in [9.17, 15) is 0 Å². The molecule has 2 bridgehead atoms. The molecule has 28 heavy (non-hydrogen) atoms. The predicted molar refractivity (Wildman–Crippen MR) is 116 cm³/mol. The molecule has 7 rings (SSSR count). The average molecular weight is 386 g/mol. The van der Waals surface area contributed by atoms with E-state index in [0.717, 1.165) is 6.54 Å². The second kappa shape index (κ2) is 6.29. The summed E-state index contributed by atoms with van der Waals surface area (Å²) in [6, 6.07) is 11.2. The van der Waals surface area contributed by atoms with Crippen molar-refractivity contribution in [1.29, 1.82) is 0 Å². The van der Waals surface area contributed by atoms with Crippen LogP contribution in [-0.4, -0.2) is 27.5 Å². The minimum absolute atomic E-state index is 0.697. The van der Waals surface area contributed by atoms with Crippen LogP contribution in [0.2, 0.25) is 0 Å². The minimum Gasteiger partial charge on any atom is -0.311 e. The Hall–Kier alpha value is -2.43. The molecule has 0 atom stereocenters. The molecule has 1 saturated heterocycles. The van der Waals surface area contributed by atoms with Crippen molar-refractivity contribution in [2.45, 2.75) is 32.2 Å². The fourth-order valence-corrected chi connectivity index (χ4v) is 5.99. The highest BCUT2D eigenvalue weighted by Crippen LogP contribution is 2.44. The minimum atomic E-state index is 0.697. The Labute approximate surface area is 169 Å². The molecule has 1 fully saturated rings. The monoisotopic (exact) mass is 385 g/mol. The molecular weight excluding hydrogens is 362 g/mol. The summed E-state index contributed by atoms with van der Waals surface area (Å²) < 4.78 is 2.56. The van der Waals surface area contributed by atoms with Gasteiger partial charge in [-0.3, -0.25) is 9.88 Å². The van der Waals surface area contributed by atoms with Crippen LogP contribution in [0.25, 0.3) is 27.7 Å². The summed E-state index contributed by atoms with van der Waals surface area (Å²) in [5.74, 6) is 0.697. The van der Waals surface area contributed by atoms with Gasteiger partial charge in [-0.25, -0.2) is 0 Å². The molecule has 4 heteroatoms. The number of fused-ring (bicyclic) bond motifs is 3. The van der Waals surface area contributed by atoms with Gasteiger partial charge in [-0.15, -0.1) is 11.3 Å². The van der Waals surface area contributed by atoms with Crippen molar-refractivity contribution in [3.8, 4) is 16.8 Å². The van der Waals surface area contributed by atoms with E-state index in [1.807, 2.05) is 12.4 Å². The third-order valence-corrected chi connectivity index (χ3v) is 7.24. The first-order chi connectivity index (χ1) is 13.8. The van der Waals surface area contributed by atoms with E-state index in [-0.39, 0.29) is 0 Å². The molecule has 3 nitrogen and oxygen atoms in total. The lowest BCUT2D eigenvalue weighted by molar-refractivity contribution is 0.218. The van der Waals surface area contributed by atoms with E-state index >= 15 is 0 Å². The average Bonchev–Trinajstić information content (AvgIpc) is 3.21. The van der Waals surface area contributed by atoms with E-state index in [1.54, 1.807) is 16.9 Å². The van der Waals surface area contributed by atoms with Crippen LogP contribution in [0.3, 0.4) is 0 Å². The van der Waals surface area contributed by atoms with Gasteiger partial charge in [-0.2, -0.15) is 0 Å². The van der Waals surface area contributed by atoms with Gasteiger partial charge in [0.05, 0.1) is 11.2 Å². The first-order valence-electron chi connectivity index (χ1n) is 10.1. The molecule has 0 radical (unpaired) electrons. The SMILES string of the molecule is Cc1ccc2c(c1)c1c(n2-c2cscc2-c2ccncc2)CN2CCC1CC2. The second-order valence-electron chi connectivity index (χ2n) is 8.17. The maximum absolute atomic E-state index is 4.21. The van der Waals surface area contributed by atoms with Crippen LogP contribution in [0.4, 0.5) is 0 Å². The number of hydrogen-bond donors (Lipinski definition) is 0. The fraction of sp³-hybridized carbons (Fsp3) is 0.292. The van der Waals surface area contributed by atoms with E-state index < -0.39 is 0 Å². The topological polar surface area (TPSA) is 21.1 Å². The van der Waals surface area contributed by atoms with Gasteiger partial charge < -0.3 is 4.57 Å². The fourth-order valence-electron chi connectivity index (χ4n) is 5.17. The molecule has 0 spiro atoms. The van der Waals surface area contributed by atoms with Gasteiger partial charge in [0.15, 0.2) is 0 Å². The molecular formula is C24H23N3S. The highest BCUT2D eigenvalue weighted by molar-refractivity contribution is 7.08. The molecule has 4 aromatic rings. The summed E-state index contributed by atoms with van der Waals surface area (Å²) >= 11 is 1.79. The van der Waals surface area contributed by atoms with Gasteiger partial charge in [0.2, 0.25) is 0 Å². The number of thiophene rings is 1. The largest absolute Gasteiger partial charge is 0.311 e. The van der Waals surface area contributed by atoms with Gasteiger partial charge in [0, 0.05) is 46.3 Å². The number of pyridine rings is 1. The quantitative estimate of drug-likeness (QED) is 0.438. The van der Waals surface area contributed by atoms with Crippen LogP contribution < -0.4 is 0 Å². The summed E-state index contributed by atoms with van der Waals surface area (Å²) in [6.45, 7) is 5.74. The highest BCUT2D eigenvalue weighted by atomic mass is 32.1. The molecule has 0 N–H and O–H groups in total. The molecule has 0 amide bonds. The number of piperidine rings is 1. The molecule has 1 aromatic carbocycles. The van der Waals surface area contributed by atoms with E-state index in [2.05, 4.69) is 62.5 Å². The zero-order valence-electron chi connectivity index (χ0n) is 16.1. The van der Waals surface area contributed by atoms with Crippen molar-refractivity contribution < 1.29 is 0 Å². The lowest BCUT2D eigenvalue weighted by Gasteiger charge is -2.27. The summed E-state index contributed by atoms with van der Waals surface area (Å²) in [7, 11) is 0. The van der Waals surface area contributed by atoms with E-state index in [0.29, 0.717) is 5.92 Å². The first-order valence-corrected chi connectivity index (χ1v) is 11.1. The Morgan fingerprint density at radius 1 is 1.04 bits per heavy atom. The van der Waals surface area contributed by atoms with E-state index in [1.165, 1.54) is 64.9 Å². The summed E-state index contributed by atoms with van der Waals surface area (Å²) in [5.41, 5.74) is 9.70. The number of benzene rings is 1. The number of rotatable bonds is 2. The van der Waals surface area contributed by atoms with Crippen LogP contribution >= 0.6 is 11.3 Å². The Balaban J connectivity index is 1.67. The molecule has 6 heterocycles. The Bertz CT molecular complexity index is 1160. The third-order valence-electron chi connectivity index (χ3n) is 6.51. The van der Waals surface area contributed by atoms with Crippen molar-refractivity contribution >= 4 is 22.2 Å². The molecule has 0 aliphatic carbocycles. The zero-order chi connectivity index (χ0) is 18.7. The Morgan fingerprint density at radius 2 is 1.86 bits per heavy atom. The van der Waals surface area contributed by atoms with Crippen molar-refractivity contribution in [3.05, 3.63) is 70.3 Å². The lowest BCUT2D eigenvalue weighted by atomic mass is 9.89. The van der Waals surface area contributed by atoms with Crippen molar-refractivity contribution in [2.75, 3.05) is 13.1 Å². The number of nitrogens with zero attached hydrogens (tertiary/aromatic N) is 3.